The summed E-state index contributed by atoms with van der Waals surface area (Å²) in [5, 5.41) is 11.2. The first kappa shape index (κ1) is 10.0. The van der Waals surface area contributed by atoms with Gasteiger partial charge in [0, 0.05) is 29.5 Å². The minimum absolute atomic E-state index is 0.0177. The maximum Gasteiger partial charge on any atom is 0.133 e. The van der Waals surface area contributed by atoms with Crippen molar-refractivity contribution in [1.29, 1.82) is 5.26 Å². The quantitative estimate of drug-likeness (QED) is 0.771. The number of nitriles is 1. The van der Waals surface area contributed by atoms with Crippen LogP contribution >= 0.6 is 23.1 Å². The Balaban J connectivity index is 2.09. The molecule has 0 bridgehead atoms. The molecule has 2 heterocycles. The van der Waals surface area contributed by atoms with Crippen molar-refractivity contribution in [3.63, 3.8) is 0 Å². The second-order valence-corrected chi connectivity index (χ2v) is 5.40. The first-order valence-corrected chi connectivity index (χ1v) is 6.70. The normalized spacial score (nSPS) is 20.2. The van der Waals surface area contributed by atoms with E-state index < -0.39 is 0 Å². The molecule has 1 fully saturated rings. The van der Waals surface area contributed by atoms with Gasteiger partial charge in [0.15, 0.2) is 0 Å². The van der Waals surface area contributed by atoms with Crippen LogP contribution in [0.1, 0.15) is 10.9 Å². The molecule has 0 spiro atoms. The van der Waals surface area contributed by atoms with E-state index in [1.165, 1.54) is 4.88 Å². The summed E-state index contributed by atoms with van der Waals surface area (Å²) in [6.45, 7) is 2.08. The lowest BCUT2D eigenvalue weighted by Gasteiger charge is -2.29. The number of thioether (sulfide) groups is 1. The number of nitrogens with zero attached hydrogens (tertiary/aromatic N) is 2. The van der Waals surface area contributed by atoms with Crippen LogP contribution in [0.2, 0.25) is 0 Å². The molecular formula is C10H12N2S2. The standard InChI is InChI=1S/C10H12N2S2/c11-8-9(10-2-1-5-14-10)12-3-6-13-7-4-12/h1-2,5,9H,3-4,6-7H2. The molecule has 1 aromatic rings. The molecule has 0 radical (unpaired) electrons. The van der Waals surface area contributed by atoms with Gasteiger partial charge in [0.05, 0.1) is 6.07 Å². The van der Waals surface area contributed by atoms with Crippen LogP contribution in [0.25, 0.3) is 0 Å². The lowest BCUT2D eigenvalue weighted by atomic mass is 10.2. The molecule has 4 heteroatoms. The van der Waals surface area contributed by atoms with Gasteiger partial charge in [-0.25, -0.2) is 0 Å². The molecule has 0 N–H and O–H groups in total. The smallest absolute Gasteiger partial charge is 0.133 e. The van der Waals surface area contributed by atoms with Gasteiger partial charge in [-0.2, -0.15) is 17.0 Å². The Labute approximate surface area is 92.5 Å². The molecule has 14 heavy (non-hydrogen) atoms. The van der Waals surface area contributed by atoms with Crippen molar-refractivity contribution in [3.8, 4) is 6.07 Å². The van der Waals surface area contributed by atoms with Crippen LogP contribution in [-0.4, -0.2) is 29.5 Å². The van der Waals surface area contributed by atoms with E-state index in [1.807, 2.05) is 23.2 Å². The molecule has 1 aliphatic heterocycles. The summed E-state index contributed by atoms with van der Waals surface area (Å²) >= 11 is 3.65. The van der Waals surface area contributed by atoms with E-state index in [1.54, 1.807) is 11.3 Å². The van der Waals surface area contributed by atoms with Crippen LogP contribution < -0.4 is 0 Å². The molecule has 2 rings (SSSR count). The topological polar surface area (TPSA) is 27.0 Å². The number of hydrogen-bond acceptors (Lipinski definition) is 4. The molecule has 1 saturated heterocycles. The first-order valence-electron chi connectivity index (χ1n) is 4.66. The van der Waals surface area contributed by atoms with Gasteiger partial charge in [-0.15, -0.1) is 11.3 Å². The van der Waals surface area contributed by atoms with Gasteiger partial charge in [0.1, 0.15) is 6.04 Å². The van der Waals surface area contributed by atoms with Crippen molar-refractivity contribution in [2.24, 2.45) is 0 Å². The number of hydrogen-bond donors (Lipinski definition) is 0. The predicted octanol–water partition coefficient (Wildman–Crippen LogP) is 2.36. The van der Waals surface area contributed by atoms with Gasteiger partial charge < -0.3 is 0 Å². The average molecular weight is 224 g/mol. The Hall–Kier alpha value is -0.500. The van der Waals surface area contributed by atoms with E-state index in [9.17, 15) is 0 Å². The molecule has 0 aliphatic carbocycles. The summed E-state index contributed by atoms with van der Waals surface area (Å²) in [7, 11) is 0. The van der Waals surface area contributed by atoms with Gasteiger partial charge in [0.25, 0.3) is 0 Å². The van der Waals surface area contributed by atoms with Crippen molar-refractivity contribution in [2.45, 2.75) is 6.04 Å². The minimum atomic E-state index is -0.0177. The third-order valence-electron chi connectivity index (χ3n) is 2.35. The molecule has 1 unspecified atom stereocenters. The molecule has 1 aliphatic rings. The van der Waals surface area contributed by atoms with Crippen LogP contribution in [0.3, 0.4) is 0 Å². The van der Waals surface area contributed by atoms with E-state index >= 15 is 0 Å². The van der Waals surface area contributed by atoms with Crippen molar-refractivity contribution in [2.75, 3.05) is 24.6 Å². The monoisotopic (exact) mass is 224 g/mol. The predicted molar refractivity (Wildman–Crippen MR) is 61.6 cm³/mol. The summed E-state index contributed by atoms with van der Waals surface area (Å²) < 4.78 is 0. The fourth-order valence-electron chi connectivity index (χ4n) is 1.61. The molecule has 74 valence electrons. The van der Waals surface area contributed by atoms with E-state index in [0.717, 1.165) is 24.6 Å². The number of thiophene rings is 1. The summed E-state index contributed by atoms with van der Waals surface area (Å²) in [4.78, 5) is 3.46. The second-order valence-electron chi connectivity index (χ2n) is 3.20. The molecule has 0 aromatic carbocycles. The Kier molecular flexibility index (Phi) is 3.46. The zero-order valence-electron chi connectivity index (χ0n) is 7.85. The van der Waals surface area contributed by atoms with Crippen LogP contribution in [0, 0.1) is 11.3 Å². The molecule has 2 nitrogen and oxygen atoms in total. The Morgan fingerprint density at radius 3 is 2.79 bits per heavy atom. The molecule has 0 saturated carbocycles. The summed E-state index contributed by atoms with van der Waals surface area (Å²) in [5.74, 6) is 2.31. The Bertz CT molecular complexity index is 309. The van der Waals surface area contributed by atoms with Crippen molar-refractivity contribution >= 4 is 23.1 Å². The van der Waals surface area contributed by atoms with Crippen molar-refractivity contribution < 1.29 is 0 Å². The maximum absolute atomic E-state index is 9.16. The zero-order chi connectivity index (χ0) is 9.80. The molecule has 0 amide bonds. The first-order chi connectivity index (χ1) is 6.92. The van der Waals surface area contributed by atoms with Gasteiger partial charge in [-0.3, -0.25) is 4.90 Å². The fraction of sp³-hybridized carbons (Fsp3) is 0.500. The minimum Gasteiger partial charge on any atom is -0.282 e. The summed E-state index contributed by atoms with van der Waals surface area (Å²) in [6, 6.07) is 6.46. The van der Waals surface area contributed by atoms with Crippen LogP contribution in [0.5, 0.6) is 0 Å². The molecule has 1 aromatic heterocycles. The largest absolute Gasteiger partial charge is 0.282 e. The lowest BCUT2D eigenvalue weighted by Crippen LogP contribution is -2.35. The van der Waals surface area contributed by atoms with E-state index in [2.05, 4.69) is 17.0 Å². The number of rotatable bonds is 2. The van der Waals surface area contributed by atoms with Crippen molar-refractivity contribution in [3.05, 3.63) is 22.4 Å². The molecular weight excluding hydrogens is 212 g/mol. The second kappa shape index (κ2) is 4.83. The third kappa shape index (κ3) is 2.11. The third-order valence-corrected chi connectivity index (χ3v) is 4.21. The summed E-state index contributed by atoms with van der Waals surface area (Å²) in [6.07, 6.45) is 0. The van der Waals surface area contributed by atoms with Crippen molar-refractivity contribution in [1.82, 2.24) is 4.90 Å². The SMILES string of the molecule is N#CC(c1cccs1)N1CCSCC1. The Morgan fingerprint density at radius 1 is 1.43 bits per heavy atom. The fourth-order valence-corrected chi connectivity index (χ4v) is 3.34. The average Bonchev–Trinajstić information content (AvgIpc) is 2.74. The van der Waals surface area contributed by atoms with Gasteiger partial charge in [-0.05, 0) is 11.4 Å². The highest BCUT2D eigenvalue weighted by Crippen LogP contribution is 2.26. The Morgan fingerprint density at radius 2 is 2.21 bits per heavy atom. The van der Waals surface area contributed by atoms with Crippen LogP contribution in [0.4, 0.5) is 0 Å². The van der Waals surface area contributed by atoms with E-state index in [4.69, 9.17) is 5.26 Å². The summed E-state index contributed by atoms with van der Waals surface area (Å²) in [5.41, 5.74) is 0. The highest BCUT2D eigenvalue weighted by molar-refractivity contribution is 7.99. The highest BCUT2D eigenvalue weighted by atomic mass is 32.2. The van der Waals surface area contributed by atoms with Crippen LogP contribution in [-0.2, 0) is 0 Å². The van der Waals surface area contributed by atoms with E-state index in [-0.39, 0.29) is 6.04 Å². The van der Waals surface area contributed by atoms with E-state index in [0.29, 0.717) is 0 Å². The van der Waals surface area contributed by atoms with Gasteiger partial charge in [-0.1, -0.05) is 6.07 Å². The van der Waals surface area contributed by atoms with Gasteiger partial charge in [0.2, 0.25) is 0 Å². The van der Waals surface area contributed by atoms with Crippen LogP contribution in [0.15, 0.2) is 17.5 Å². The van der Waals surface area contributed by atoms with Gasteiger partial charge >= 0.3 is 0 Å². The zero-order valence-corrected chi connectivity index (χ0v) is 9.48. The maximum atomic E-state index is 9.16. The lowest BCUT2D eigenvalue weighted by molar-refractivity contribution is 0.264. The molecule has 1 atom stereocenters. The highest BCUT2D eigenvalue weighted by Gasteiger charge is 2.22.